The lowest BCUT2D eigenvalue weighted by Gasteiger charge is -2.17. The minimum Gasteiger partial charge on any atom is -0.322 e. The number of hydrogen-bond donors (Lipinski definition) is 1. The predicted molar refractivity (Wildman–Crippen MR) is 49.8 cm³/mol. The minimum absolute atomic E-state index is 0.204. The Morgan fingerprint density at radius 2 is 2.42 bits per heavy atom. The summed E-state index contributed by atoms with van der Waals surface area (Å²) in [5.74, 6) is 0.754. The molecule has 2 heteroatoms. The van der Waals surface area contributed by atoms with E-state index in [2.05, 4.69) is 12.2 Å². The smallest absolute Gasteiger partial charge is 0.149 e. The van der Waals surface area contributed by atoms with Gasteiger partial charge in [-0.1, -0.05) is 12.2 Å². The van der Waals surface area contributed by atoms with Crippen molar-refractivity contribution in [1.29, 1.82) is 0 Å². The molecule has 68 valence electrons. The first-order chi connectivity index (χ1) is 5.70. The number of rotatable bonds is 3. The van der Waals surface area contributed by atoms with E-state index in [0.717, 1.165) is 19.3 Å². The maximum absolute atomic E-state index is 11.3. The van der Waals surface area contributed by atoms with E-state index in [0.29, 0.717) is 12.3 Å². The van der Waals surface area contributed by atoms with E-state index in [4.69, 9.17) is 5.73 Å². The van der Waals surface area contributed by atoms with Gasteiger partial charge in [-0.25, -0.2) is 0 Å². The van der Waals surface area contributed by atoms with Crippen LogP contribution in [-0.2, 0) is 4.79 Å². The normalized spacial score (nSPS) is 25.3. The summed E-state index contributed by atoms with van der Waals surface area (Å²) in [6.45, 7) is 1.76. The number of hydrogen-bond acceptors (Lipinski definition) is 2. The summed E-state index contributed by atoms with van der Waals surface area (Å²) in [4.78, 5) is 11.3. The highest BCUT2D eigenvalue weighted by atomic mass is 16.1. The first-order valence-electron chi connectivity index (χ1n) is 4.63. The van der Waals surface area contributed by atoms with Crippen LogP contribution in [0.3, 0.4) is 0 Å². The van der Waals surface area contributed by atoms with Gasteiger partial charge in [-0.15, -0.1) is 0 Å². The van der Waals surface area contributed by atoms with Gasteiger partial charge in [0.15, 0.2) is 0 Å². The summed E-state index contributed by atoms with van der Waals surface area (Å²) >= 11 is 0. The van der Waals surface area contributed by atoms with Gasteiger partial charge in [0.05, 0.1) is 6.04 Å². The molecule has 1 aliphatic carbocycles. The fraction of sp³-hybridized carbons (Fsp3) is 0.700. The van der Waals surface area contributed by atoms with Crippen molar-refractivity contribution in [1.82, 2.24) is 0 Å². The third-order valence-corrected chi connectivity index (χ3v) is 2.38. The number of carbonyl (C=O) groups excluding carboxylic acids is 1. The molecule has 0 bridgehead atoms. The number of Topliss-reactive ketones (excluding diaryl/α,β-unsaturated/α-hetero) is 1. The molecule has 0 aliphatic heterocycles. The lowest BCUT2D eigenvalue weighted by Crippen LogP contribution is -2.28. The molecule has 0 aromatic rings. The molecule has 0 spiro atoms. The summed E-state index contributed by atoms with van der Waals surface area (Å²) in [7, 11) is 0. The van der Waals surface area contributed by atoms with E-state index < -0.39 is 0 Å². The highest BCUT2D eigenvalue weighted by Gasteiger charge is 2.16. The van der Waals surface area contributed by atoms with Crippen molar-refractivity contribution in [2.75, 3.05) is 0 Å². The zero-order valence-electron chi connectivity index (χ0n) is 7.62. The van der Waals surface area contributed by atoms with Gasteiger partial charge in [0.1, 0.15) is 5.78 Å². The fourth-order valence-electron chi connectivity index (χ4n) is 1.51. The molecule has 0 radical (unpaired) electrons. The molecule has 1 rings (SSSR count). The van der Waals surface area contributed by atoms with Gasteiger partial charge < -0.3 is 5.73 Å². The average Bonchev–Trinajstić information content (AvgIpc) is 2.06. The van der Waals surface area contributed by atoms with Crippen LogP contribution in [0.5, 0.6) is 0 Å². The molecule has 0 amide bonds. The van der Waals surface area contributed by atoms with Gasteiger partial charge in [0, 0.05) is 6.42 Å². The quantitative estimate of drug-likeness (QED) is 0.649. The van der Waals surface area contributed by atoms with Crippen LogP contribution in [-0.4, -0.2) is 11.8 Å². The van der Waals surface area contributed by atoms with Crippen LogP contribution in [0.15, 0.2) is 12.2 Å². The van der Waals surface area contributed by atoms with Gasteiger partial charge in [0.25, 0.3) is 0 Å². The molecule has 2 N–H and O–H groups in total. The monoisotopic (exact) mass is 167 g/mol. The molecule has 0 aromatic heterocycles. The number of nitrogens with two attached hydrogens (primary N) is 1. The van der Waals surface area contributed by atoms with Gasteiger partial charge in [-0.2, -0.15) is 0 Å². The lowest BCUT2D eigenvalue weighted by atomic mass is 9.89. The first kappa shape index (κ1) is 9.46. The van der Waals surface area contributed by atoms with Crippen LogP contribution >= 0.6 is 0 Å². The van der Waals surface area contributed by atoms with Gasteiger partial charge >= 0.3 is 0 Å². The van der Waals surface area contributed by atoms with Crippen molar-refractivity contribution in [3.63, 3.8) is 0 Å². The molecule has 2 atom stereocenters. The molecule has 2 nitrogen and oxygen atoms in total. The van der Waals surface area contributed by atoms with E-state index in [1.807, 2.05) is 0 Å². The first-order valence-corrected chi connectivity index (χ1v) is 4.63. The average molecular weight is 167 g/mol. The van der Waals surface area contributed by atoms with E-state index in [9.17, 15) is 4.79 Å². The lowest BCUT2D eigenvalue weighted by molar-refractivity contribution is -0.120. The zero-order valence-corrected chi connectivity index (χ0v) is 7.62. The molecule has 12 heavy (non-hydrogen) atoms. The minimum atomic E-state index is -0.282. The van der Waals surface area contributed by atoms with Crippen molar-refractivity contribution < 1.29 is 4.79 Å². The molecule has 0 aromatic carbocycles. The van der Waals surface area contributed by atoms with Gasteiger partial charge in [0.2, 0.25) is 0 Å². The second kappa shape index (κ2) is 4.41. The fourth-order valence-corrected chi connectivity index (χ4v) is 1.51. The molecule has 1 aliphatic rings. The summed E-state index contributed by atoms with van der Waals surface area (Å²) in [5.41, 5.74) is 5.49. The maximum Gasteiger partial charge on any atom is 0.149 e. The SMILES string of the molecule is C[C@H](N)C(=O)CC1CC=CCC1. The van der Waals surface area contributed by atoms with Crippen LogP contribution in [0.25, 0.3) is 0 Å². The van der Waals surface area contributed by atoms with Crippen molar-refractivity contribution >= 4 is 5.78 Å². The van der Waals surface area contributed by atoms with E-state index >= 15 is 0 Å². The second-order valence-corrected chi connectivity index (χ2v) is 3.61. The topological polar surface area (TPSA) is 43.1 Å². The molecular formula is C10H17NO. The zero-order chi connectivity index (χ0) is 8.97. The van der Waals surface area contributed by atoms with Crippen molar-refractivity contribution in [3.05, 3.63) is 12.2 Å². The predicted octanol–water partition coefficient (Wildman–Crippen LogP) is 1.65. The van der Waals surface area contributed by atoms with Crippen molar-refractivity contribution in [2.24, 2.45) is 11.7 Å². The van der Waals surface area contributed by atoms with Crippen LogP contribution in [0.1, 0.15) is 32.6 Å². The van der Waals surface area contributed by atoms with Crippen molar-refractivity contribution in [3.8, 4) is 0 Å². The third kappa shape index (κ3) is 2.78. The highest BCUT2D eigenvalue weighted by molar-refractivity contribution is 5.83. The summed E-state index contributed by atoms with van der Waals surface area (Å²) in [6, 6.07) is -0.282. The van der Waals surface area contributed by atoms with Gasteiger partial charge in [-0.3, -0.25) is 4.79 Å². The third-order valence-electron chi connectivity index (χ3n) is 2.38. The Balaban J connectivity index is 2.31. The molecule has 0 saturated heterocycles. The highest BCUT2D eigenvalue weighted by Crippen LogP contribution is 2.21. The number of carbonyl (C=O) groups is 1. The molecule has 0 fully saturated rings. The Morgan fingerprint density at radius 1 is 1.67 bits per heavy atom. The van der Waals surface area contributed by atoms with E-state index in [1.165, 1.54) is 0 Å². The molecule has 1 unspecified atom stereocenters. The second-order valence-electron chi connectivity index (χ2n) is 3.61. The molecule has 0 heterocycles. The Bertz CT molecular complexity index is 184. The van der Waals surface area contributed by atoms with Crippen LogP contribution in [0.4, 0.5) is 0 Å². The Kier molecular flexibility index (Phi) is 3.48. The van der Waals surface area contributed by atoms with Crippen LogP contribution < -0.4 is 5.73 Å². The van der Waals surface area contributed by atoms with Gasteiger partial charge in [-0.05, 0) is 32.1 Å². The Labute approximate surface area is 73.8 Å². The molecular weight excluding hydrogens is 150 g/mol. The Morgan fingerprint density at radius 3 is 2.92 bits per heavy atom. The summed E-state index contributed by atoms with van der Waals surface area (Å²) in [5, 5.41) is 0. The van der Waals surface area contributed by atoms with E-state index in [1.54, 1.807) is 6.92 Å². The number of ketones is 1. The van der Waals surface area contributed by atoms with Crippen LogP contribution in [0, 0.1) is 5.92 Å². The summed E-state index contributed by atoms with van der Waals surface area (Å²) < 4.78 is 0. The standard InChI is InChI=1S/C10H17NO/c1-8(11)10(12)7-9-5-3-2-4-6-9/h2-3,8-9H,4-7,11H2,1H3/t8-,9?/m0/s1. The van der Waals surface area contributed by atoms with E-state index in [-0.39, 0.29) is 11.8 Å². The Hall–Kier alpha value is -0.630. The van der Waals surface area contributed by atoms with Crippen LogP contribution in [0.2, 0.25) is 0 Å². The largest absolute Gasteiger partial charge is 0.322 e. The molecule has 0 saturated carbocycles. The summed E-state index contributed by atoms with van der Waals surface area (Å²) in [6.07, 6.45) is 8.35. The van der Waals surface area contributed by atoms with Crippen molar-refractivity contribution in [2.45, 2.75) is 38.6 Å². The maximum atomic E-state index is 11.3. The number of allylic oxidation sites excluding steroid dienone is 2.